The van der Waals surface area contributed by atoms with Crippen LogP contribution in [0.15, 0.2) is 54.9 Å². The first-order valence-electron chi connectivity index (χ1n) is 8.00. The number of nitrogen functional groups attached to an aromatic ring is 1. The molecule has 8 heteroatoms. The zero-order chi connectivity index (χ0) is 17.5. The number of hydrogen-bond donors (Lipinski definition) is 2. The molecular weight excluding hydrogens is 336 g/mol. The maximum atomic E-state index is 11.2. The van der Waals surface area contributed by atoms with E-state index >= 15 is 0 Å². The number of hydrogen-bond acceptors (Lipinski definition) is 7. The number of pyridine rings is 1. The van der Waals surface area contributed by atoms with Crippen LogP contribution >= 0.6 is 11.1 Å². The highest BCUT2D eigenvalue weighted by Crippen LogP contribution is 2.20. The van der Waals surface area contributed by atoms with Crippen molar-refractivity contribution in [3.8, 4) is 0 Å². The Labute approximate surface area is 149 Å². The molecule has 0 amide bonds. The number of para-hydroxylation sites is 1. The van der Waals surface area contributed by atoms with Crippen LogP contribution in [0.1, 0.15) is 12.0 Å². The highest BCUT2D eigenvalue weighted by atomic mass is 32.2. The number of nitrogens with zero attached hydrogens (tertiary/aromatic N) is 4. The van der Waals surface area contributed by atoms with Crippen LogP contribution < -0.4 is 16.0 Å². The maximum absolute atomic E-state index is 11.2. The van der Waals surface area contributed by atoms with E-state index in [9.17, 15) is 4.55 Å². The molecule has 3 aromatic rings. The van der Waals surface area contributed by atoms with Gasteiger partial charge in [-0.2, -0.15) is 0 Å². The lowest BCUT2D eigenvalue weighted by Crippen LogP contribution is -2.25. The Balaban J connectivity index is 1.59. The van der Waals surface area contributed by atoms with Crippen LogP contribution in [0.5, 0.6) is 0 Å². The number of nitrogens with one attached hydrogen (secondary N) is 1. The number of aromatic nitrogens is 3. The monoisotopic (exact) mass is 356 g/mol. The van der Waals surface area contributed by atoms with Crippen molar-refractivity contribution in [2.45, 2.75) is 13.0 Å². The topological polar surface area (TPSA) is 103 Å². The van der Waals surface area contributed by atoms with Crippen molar-refractivity contribution in [2.24, 2.45) is 0 Å². The Hall–Kier alpha value is -2.71. The molecule has 1 unspecified atom stereocenters. The molecule has 3 N–H and O–H groups in total. The summed E-state index contributed by atoms with van der Waals surface area (Å²) in [6, 6.07) is 14.3. The fourth-order valence-corrected chi connectivity index (χ4v) is 3.13. The van der Waals surface area contributed by atoms with Gasteiger partial charge in [0.05, 0.1) is 0 Å². The van der Waals surface area contributed by atoms with Crippen molar-refractivity contribution in [3.63, 3.8) is 0 Å². The molecule has 130 valence electrons. The minimum absolute atomic E-state index is 0.204. The molecule has 2 heterocycles. The van der Waals surface area contributed by atoms with Crippen LogP contribution in [0, 0.1) is 0 Å². The third-order valence-corrected chi connectivity index (χ3v) is 4.42. The molecule has 0 fully saturated rings. The first-order chi connectivity index (χ1) is 12.2. The fourth-order valence-electron chi connectivity index (χ4n) is 2.52. The quantitative estimate of drug-likeness (QED) is 0.472. The molecule has 25 heavy (non-hydrogen) atoms. The normalized spacial score (nSPS) is 11.3. The van der Waals surface area contributed by atoms with E-state index in [1.54, 1.807) is 12.4 Å². The molecule has 0 aliphatic carbocycles. The van der Waals surface area contributed by atoms with Gasteiger partial charge in [0, 0.05) is 46.5 Å². The van der Waals surface area contributed by atoms with E-state index < -0.39 is 11.1 Å². The first kappa shape index (κ1) is 17.1. The average molecular weight is 356 g/mol. The van der Waals surface area contributed by atoms with Crippen LogP contribution in [0.4, 0.5) is 17.3 Å². The average Bonchev–Trinajstić information content (AvgIpc) is 2.96. The molecule has 1 atom stereocenters. The van der Waals surface area contributed by atoms with E-state index in [1.165, 1.54) is 11.3 Å². The Morgan fingerprint density at radius 2 is 1.84 bits per heavy atom. The Morgan fingerprint density at radius 1 is 1.08 bits per heavy atom. The first-order valence-corrected chi connectivity index (χ1v) is 9.07. The lowest BCUT2D eigenvalue weighted by Gasteiger charge is -2.25. The molecule has 0 spiro atoms. The second-order valence-corrected chi connectivity index (χ2v) is 6.37. The van der Waals surface area contributed by atoms with Crippen molar-refractivity contribution >= 4 is 28.5 Å². The molecule has 2 aromatic heterocycles. The van der Waals surface area contributed by atoms with Crippen LogP contribution in [0.25, 0.3) is 0 Å². The molecule has 0 saturated carbocycles. The van der Waals surface area contributed by atoms with Crippen LogP contribution in [-0.4, -0.2) is 31.4 Å². The Morgan fingerprint density at radius 3 is 2.52 bits per heavy atom. The summed E-state index contributed by atoms with van der Waals surface area (Å²) in [6.45, 7) is 2.33. The molecular formula is C17H20N6OS. The summed E-state index contributed by atoms with van der Waals surface area (Å²) in [7, 11) is 0. The standard InChI is InChI=1S/C17H20N6OS/c18-16-17(22-25(24)21-16)20-9-4-12-23(15-5-2-1-3-6-15)13-14-7-10-19-11-8-14/h1-3,5-8,10-11H,4,9,12-13H2,(H2,18,21)(H,20,22). The van der Waals surface area contributed by atoms with Gasteiger partial charge in [0.25, 0.3) is 0 Å². The van der Waals surface area contributed by atoms with Crippen molar-refractivity contribution in [2.75, 3.05) is 29.0 Å². The van der Waals surface area contributed by atoms with E-state index in [0.717, 1.165) is 19.5 Å². The largest absolute Gasteiger partial charge is 0.546 e. The number of anilines is 3. The van der Waals surface area contributed by atoms with E-state index in [1.807, 2.05) is 30.3 Å². The molecule has 0 bridgehead atoms. The van der Waals surface area contributed by atoms with Gasteiger partial charge < -0.3 is 20.5 Å². The fraction of sp³-hybridized carbons (Fsp3) is 0.235. The highest BCUT2D eigenvalue weighted by Gasteiger charge is 2.12. The third kappa shape index (κ3) is 4.88. The van der Waals surface area contributed by atoms with Crippen LogP contribution in [0.3, 0.4) is 0 Å². The van der Waals surface area contributed by atoms with Crippen LogP contribution in [-0.2, 0) is 6.54 Å². The van der Waals surface area contributed by atoms with Crippen molar-refractivity contribution in [3.05, 3.63) is 60.4 Å². The minimum atomic E-state index is -1.58. The molecule has 1 aromatic carbocycles. The predicted molar refractivity (Wildman–Crippen MR) is 99.9 cm³/mol. The van der Waals surface area contributed by atoms with Crippen molar-refractivity contribution in [1.82, 2.24) is 13.7 Å². The van der Waals surface area contributed by atoms with Gasteiger partial charge in [0.1, 0.15) is 0 Å². The Kier molecular flexibility index (Phi) is 5.76. The summed E-state index contributed by atoms with van der Waals surface area (Å²) in [4.78, 5) is 6.38. The van der Waals surface area contributed by atoms with Gasteiger partial charge in [-0.15, -0.1) is 0 Å². The van der Waals surface area contributed by atoms with Crippen molar-refractivity contribution < 1.29 is 4.55 Å². The molecule has 0 saturated heterocycles. The van der Waals surface area contributed by atoms with Gasteiger partial charge in [-0.3, -0.25) is 4.98 Å². The minimum Gasteiger partial charge on any atom is -0.546 e. The van der Waals surface area contributed by atoms with Gasteiger partial charge in [0.15, 0.2) is 11.1 Å². The second-order valence-electron chi connectivity index (χ2n) is 5.54. The number of nitrogens with two attached hydrogens (primary N) is 1. The van der Waals surface area contributed by atoms with E-state index in [0.29, 0.717) is 12.4 Å². The second kappa shape index (κ2) is 8.41. The lowest BCUT2D eigenvalue weighted by atomic mass is 10.2. The van der Waals surface area contributed by atoms with E-state index in [2.05, 4.69) is 36.1 Å². The Bertz CT molecular complexity index is 780. The summed E-state index contributed by atoms with van der Waals surface area (Å²) >= 11 is -1.58. The van der Waals surface area contributed by atoms with E-state index in [-0.39, 0.29) is 5.82 Å². The molecule has 0 aliphatic heterocycles. The zero-order valence-corrected chi connectivity index (χ0v) is 14.5. The lowest BCUT2D eigenvalue weighted by molar-refractivity contribution is 0.585. The maximum Gasteiger partial charge on any atom is 0.232 e. The highest BCUT2D eigenvalue weighted by molar-refractivity contribution is 7.14. The summed E-state index contributed by atoms with van der Waals surface area (Å²) in [5.41, 5.74) is 8.03. The van der Waals surface area contributed by atoms with Gasteiger partial charge in [-0.25, -0.2) is 0 Å². The van der Waals surface area contributed by atoms with Crippen molar-refractivity contribution in [1.29, 1.82) is 0 Å². The van der Waals surface area contributed by atoms with E-state index in [4.69, 9.17) is 5.73 Å². The summed E-state index contributed by atoms with van der Waals surface area (Å²) in [5, 5.41) is 3.10. The molecule has 0 radical (unpaired) electrons. The van der Waals surface area contributed by atoms with Gasteiger partial charge in [-0.1, -0.05) is 18.2 Å². The molecule has 3 rings (SSSR count). The number of benzene rings is 1. The molecule has 7 nitrogen and oxygen atoms in total. The SMILES string of the molecule is Nc1n[s+]([O-])nc1NCCCN(Cc1ccncc1)c1ccccc1. The molecule has 0 aliphatic rings. The third-order valence-electron chi connectivity index (χ3n) is 3.73. The summed E-state index contributed by atoms with van der Waals surface area (Å²) in [6.07, 6.45) is 4.49. The summed E-state index contributed by atoms with van der Waals surface area (Å²) in [5.74, 6) is 0.619. The zero-order valence-electron chi connectivity index (χ0n) is 13.7. The predicted octanol–water partition coefficient (Wildman–Crippen LogP) is 2.69. The van der Waals surface area contributed by atoms with Gasteiger partial charge >= 0.3 is 0 Å². The van der Waals surface area contributed by atoms with Crippen LogP contribution in [0.2, 0.25) is 0 Å². The van der Waals surface area contributed by atoms with Gasteiger partial charge in [0.2, 0.25) is 11.6 Å². The number of rotatable bonds is 8. The van der Waals surface area contributed by atoms with Gasteiger partial charge in [-0.05, 0) is 36.2 Å². The summed E-state index contributed by atoms with van der Waals surface area (Å²) < 4.78 is 18.7. The smallest absolute Gasteiger partial charge is 0.232 e.